The van der Waals surface area contributed by atoms with Crippen LogP contribution in [0.25, 0.3) is 0 Å². The molecular weight excluding hydrogens is 308 g/mol. The SMILES string of the molecule is Cc1cc(O)cc(C)c1N(C(=O)C(N)=O)c1c(C)cc(O)cc1C. The maximum atomic E-state index is 12.5. The van der Waals surface area contributed by atoms with Crippen LogP contribution in [-0.4, -0.2) is 22.0 Å². The molecule has 126 valence electrons. The molecule has 2 rings (SSSR count). The van der Waals surface area contributed by atoms with Crippen molar-refractivity contribution in [3.8, 4) is 11.5 Å². The van der Waals surface area contributed by atoms with Gasteiger partial charge in [0.25, 0.3) is 0 Å². The Kier molecular flexibility index (Phi) is 4.50. The van der Waals surface area contributed by atoms with Crippen molar-refractivity contribution >= 4 is 23.2 Å². The third-order valence-corrected chi connectivity index (χ3v) is 3.81. The molecule has 4 N–H and O–H groups in total. The zero-order valence-corrected chi connectivity index (χ0v) is 14.0. The van der Waals surface area contributed by atoms with E-state index in [2.05, 4.69) is 0 Å². The highest BCUT2D eigenvalue weighted by Crippen LogP contribution is 2.38. The predicted molar refractivity (Wildman–Crippen MR) is 91.5 cm³/mol. The monoisotopic (exact) mass is 328 g/mol. The maximum Gasteiger partial charge on any atom is 0.320 e. The zero-order valence-electron chi connectivity index (χ0n) is 14.0. The zero-order chi connectivity index (χ0) is 18.2. The van der Waals surface area contributed by atoms with Gasteiger partial charge in [-0.05, 0) is 74.2 Å². The molecule has 6 nitrogen and oxygen atoms in total. The molecular formula is C18H20N2O4. The smallest absolute Gasteiger partial charge is 0.320 e. The highest BCUT2D eigenvalue weighted by atomic mass is 16.3. The number of benzene rings is 2. The van der Waals surface area contributed by atoms with E-state index >= 15 is 0 Å². The quantitative estimate of drug-likeness (QED) is 0.737. The van der Waals surface area contributed by atoms with Crippen LogP contribution in [-0.2, 0) is 9.59 Å². The van der Waals surface area contributed by atoms with E-state index < -0.39 is 11.8 Å². The number of anilines is 2. The Morgan fingerprint density at radius 2 is 1.08 bits per heavy atom. The average Bonchev–Trinajstić information content (AvgIpc) is 2.42. The maximum absolute atomic E-state index is 12.5. The van der Waals surface area contributed by atoms with Crippen LogP contribution < -0.4 is 10.6 Å². The normalized spacial score (nSPS) is 10.5. The van der Waals surface area contributed by atoms with Crippen molar-refractivity contribution in [3.05, 3.63) is 46.5 Å². The average molecular weight is 328 g/mol. The standard InChI is InChI=1S/C18H20N2O4/c1-9-5-13(21)6-10(2)15(9)20(18(24)17(19)23)16-11(3)7-14(22)8-12(16)4/h5-8,21-22H,1-4H3,(H2,19,23). The number of rotatable bonds is 2. The van der Waals surface area contributed by atoms with Gasteiger partial charge in [0.2, 0.25) is 0 Å². The van der Waals surface area contributed by atoms with Crippen molar-refractivity contribution in [1.82, 2.24) is 0 Å². The fraction of sp³-hybridized carbons (Fsp3) is 0.222. The minimum atomic E-state index is -1.09. The summed E-state index contributed by atoms with van der Waals surface area (Å²) in [6, 6.07) is 6.03. The first-order valence-corrected chi connectivity index (χ1v) is 7.37. The molecule has 2 amide bonds. The molecule has 0 aromatic heterocycles. The van der Waals surface area contributed by atoms with E-state index in [1.807, 2.05) is 0 Å². The van der Waals surface area contributed by atoms with Crippen LogP contribution in [0, 0.1) is 27.7 Å². The minimum Gasteiger partial charge on any atom is -0.508 e. The lowest BCUT2D eigenvalue weighted by atomic mass is 10.0. The van der Waals surface area contributed by atoms with E-state index in [0.717, 1.165) is 0 Å². The lowest BCUT2D eigenvalue weighted by Crippen LogP contribution is -2.38. The van der Waals surface area contributed by atoms with Crippen molar-refractivity contribution < 1.29 is 19.8 Å². The van der Waals surface area contributed by atoms with Crippen molar-refractivity contribution in [2.24, 2.45) is 5.73 Å². The van der Waals surface area contributed by atoms with Gasteiger partial charge in [-0.15, -0.1) is 0 Å². The molecule has 0 aliphatic rings. The van der Waals surface area contributed by atoms with Crippen LogP contribution in [0.4, 0.5) is 11.4 Å². The van der Waals surface area contributed by atoms with Crippen LogP contribution in [0.2, 0.25) is 0 Å². The van der Waals surface area contributed by atoms with Gasteiger partial charge in [0, 0.05) is 0 Å². The Morgan fingerprint density at radius 3 is 1.33 bits per heavy atom. The number of carbonyl (C=O) groups excluding carboxylic acids is 2. The number of amides is 2. The molecule has 24 heavy (non-hydrogen) atoms. The molecule has 0 heterocycles. The van der Waals surface area contributed by atoms with E-state index in [4.69, 9.17) is 5.73 Å². The summed E-state index contributed by atoms with van der Waals surface area (Å²) >= 11 is 0. The molecule has 2 aromatic rings. The highest BCUT2D eigenvalue weighted by molar-refractivity contribution is 6.41. The molecule has 0 fully saturated rings. The van der Waals surface area contributed by atoms with Crippen molar-refractivity contribution in [3.63, 3.8) is 0 Å². The Hall–Kier alpha value is -3.02. The summed E-state index contributed by atoms with van der Waals surface area (Å²) in [5.41, 5.74) is 8.68. The molecule has 0 bridgehead atoms. The van der Waals surface area contributed by atoms with Gasteiger partial charge in [0.1, 0.15) is 11.5 Å². The molecule has 0 saturated carbocycles. The second-order valence-electron chi connectivity index (χ2n) is 5.86. The van der Waals surface area contributed by atoms with Crippen LogP contribution in [0.1, 0.15) is 22.3 Å². The molecule has 0 radical (unpaired) electrons. The first-order chi connectivity index (χ1) is 11.1. The number of hydrogen-bond acceptors (Lipinski definition) is 4. The van der Waals surface area contributed by atoms with Crippen molar-refractivity contribution in [2.45, 2.75) is 27.7 Å². The van der Waals surface area contributed by atoms with Crippen LogP contribution in [0.3, 0.4) is 0 Å². The van der Waals surface area contributed by atoms with Gasteiger partial charge in [0.05, 0.1) is 11.4 Å². The topological polar surface area (TPSA) is 104 Å². The van der Waals surface area contributed by atoms with Crippen LogP contribution in [0.15, 0.2) is 24.3 Å². The predicted octanol–water partition coefficient (Wildman–Crippen LogP) is 2.48. The highest BCUT2D eigenvalue weighted by Gasteiger charge is 2.28. The Labute approximate surface area is 140 Å². The van der Waals surface area contributed by atoms with Gasteiger partial charge in [-0.3, -0.25) is 14.5 Å². The fourth-order valence-corrected chi connectivity index (χ4v) is 3.00. The molecule has 0 unspecified atom stereocenters. The van der Waals surface area contributed by atoms with E-state index in [0.29, 0.717) is 33.6 Å². The third-order valence-electron chi connectivity index (χ3n) is 3.81. The number of aryl methyl sites for hydroxylation is 4. The van der Waals surface area contributed by atoms with Gasteiger partial charge in [-0.1, -0.05) is 0 Å². The minimum absolute atomic E-state index is 0.0689. The lowest BCUT2D eigenvalue weighted by molar-refractivity contribution is -0.135. The van der Waals surface area contributed by atoms with E-state index in [9.17, 15) is 19.8 Å². The summed E-state index contributed by atoms with van der Waals surface area (Å²) in [6.07, 6.45) is 0. The molecule has 0 saturated heterocycles. The van der Waals surface area contributed by atoms with E-state index in [1.165, 1.54) is 29.2 Å². The Bertz CT molecular complexity index is 739. The Balaban J connectivity index is 2.83. The first-order valence-electron chi connectivity index (χ1n) is 7.37. The summed E-state index contributed by atoms with van der Waals surface area (Å²) in [7, 11) is 0. The number of phenols is 2. The molecule has 0 aliphatic carbocycles. The largest absolute Gasteiger partial charge is 0.508 e. The molecule has 6 heteroatoms. The fourth-order valence-electron chi connectivity index (χ4n) is 3.00. The van der Waals surface area contributed by atoms with Crippen LogP contribution in [0.5, 0.6) is 11.5 Å². The molecule has 0 atom stereocenters. The van der Waals surface area contributed by atoms with Gasteiger partial charge >= 0.3 is 11.8 Å². The Morgan fingerprint density at radius 1 is 0.792 bits per heavy atom. The number of nitrogens with zero attached hydrogens (tertiary/aromatic N) is 1. The number of primary amides is 1. The summed E-state index contributed by atoms with van der Waals surface area (Å²) in [4.78, 5) is 25.4. The summed E-state index contributed by atoms with van der Waals surface area (Å²) in [5.74, 6) is -1.84. The lowest BCUT2D eigenvalue weighted by Gasteiger charge is -2.28. The van der Waals surface area contributed by atoms with Crippen LogP contribution >= 0.6 is 0 Å². The summed E-state index contributed by atoms with van der Waals surface area (Å²) in [5, 5.41) is 19.5. The first kappa shape index (κ1) is 17.3. The van der Waals surface area contributed by atoms with Gasteiger partial charge < -0.3 is 15.9 Å². The van der Waals surface area contributed by atoms with Gasteiger partial charge in [-0.2, -0.15) is 0 Å². The molecule has 0 spiro atoms. The number of phenolic OH excluding ortho intramolecular Hbond substituents is 2. The molecule has 0 aliphatic heterocycles. The molecule has 2 aromatic carbocycles. The van der Waals surface area contributed by atoms with E-state index in [-0.39, 0.29) is 11.5 Å². The van der Waals surface area contributed by atoms with Gasteiger partial charge in [-0.25, -0.2) is 0 Å². The number of nitrogens with two attached hydrogens (primary N) is 1. The number of hydrogen-bond donors (Lipinski definition) is 3. The van der Waals surface area contributed by atoms with E-state index in [1.54, 1.807) is 27.7 Å². The number of carbonyl (C=O) groups is 2. The van der Waals surface area contributed by atoms with Crippen molar-refractivity contribution in [1.29, 1.82) is 0 Å². The van der Waals surface area contributed by atoms with Gasteiger partial charge in [0.15, 0.2) is 0 Å². The number of aromatic hydroxyl groups is 2. The second kappa shape index (κ2) is 6.23. The third kappa shape index (κ3) is 3.03. The van der Waals surface area contributed by atoms with Crippen molar-refractivity contribution in [2.75, 3.05) is 4.90 Å². The second-order valence-corrected chi connectivity index (χ2v) is 5.86. The summed E-state index contributed by atoms with van der Waals surface area (Å²) in [6.45, 7) is 6.92. The summed E-state index contributed by atoms with van der Waals surface area (Å²) < 4.78 is 0.